The van der Waals surface area contributed by atoms with Gasteiger partial charge in [-0.05, 0) is 42.8 Å². The second-order valence-corrected chi connectivity index (χ2v) is 5.44. The first-order valence-corrected chi connectivity index (χ1v) is 7.61. The number of anilines is 1. The number of carbonyl (C=O) groups is 1. The SMILES string of the molecule is Cc1cc2c(NC(=O)c3cccc(C#CCN)c3)n[nH]c2cc1C#N. The highest BCUT2D eigenvalue weighted by molar-refractivity contribution is 6.08. The molecule has 0 spiro atoms. The van der Waals surface area contributed by atoms with Crippen molar-refractivity contribution in [3.05, 3.63) is 58.7 Å². The minimum absolute atomic E-state index is 0.264. The summed E-state index contributed by atoms with van der Waals surface area (Å²) < 4.78 is 0. The first-order valence-electron chi connectivity index (χ1n) is 7.61. The molecule has 6 nitrogen and oxygen atoms in total. The Morgan fingerprint density at radius 2 is 2.20 bits per heavy atom. The van der Waals surface area contributed by atoms with Gasteiger partial charge in [-0.15, -0.1) is 0 Å². The van der Waals surface area contributed by atoms with Gasteiger partial charge in [0.25, 0.3) is 5.91 Å². The first-order chi connectivity index (χ1) is 12.1. The number of aromatic amines is 1. The average molecular weight is 329 g/mol. The Morgan fingerprint density at radius 3 is 2.96 bits per heavy atom. The molecule has 25 heavy (non-hydrogen) atoms. The van der Waals surface area contributed by atoms with Crippen LogP contribution in [0.25, 0.3) is 10.9 Å². The zero-order valence-electron chi connectivity index (χ0n) is 13.6. The third-order valence-electron chi connectivity index (χ3n) is 3.72. The zero-order chi connectivity index (χ0) is 17.8. The molecule has 1 aromatic heterocycles. The van der Waals surface area contributed by atoms with Gasteiger partial charge in [0.2, 0.25) is 0 Å². The molecule has 0 aliphatic rings. The Kier molecular flexibility index (Phi) is 4.47. The van der Waals surface area contributed by atoms with Gasteiger partial charge in [-0.2, -0.15) is 10.4 Å². The summed E-state index contributed by atoms with van der Waals surface area (Å²) in [4.78, 5) is 12.5. The molecule has 0 radical (unpaired) electrons. The lowest BCUT2D eigenvalue weighted by molar-refractivity contribution is 0.102. The number of hydrogen-bond donors (Lipinski definition) is 3. The summed E-state index contributed by atoms with van der Waals surface area (Å²) in [6.07, 6.45) is 0. The first kappa shape index (κ1) is 16.3. The summed E-state index contributed by atoms with van der Waals surface area (Å²) in [6, 6.07) is 12.7. The number of nitrogens with two attached hydrogens (primary N) is 1. The van der Waals surface area contributed by atoms with Crippen LogP contribution in [0.2, 0.25) is 0 Å². The molecule has 1 amide bonds. The van der Waals surface area contributed by atoms with Crippen LogP contribution in [-0.4, -0.2) is 22.6 Å². The van der Waals surface area contributed by atoms with Crippen LogP contribution in [0.15, 0.2) is 36.4 Å². The number of amides is 1. The summed E-state index contributed by atoms with van der Waals surface area (Å²) >= 11 is 0. The molecular formula is C19H15N5O. The molecule has 0 saturated heterocycles. The predicted molar refractivity (Wildman–Crippen MR) is 95.9 cm³/mol. The third-order valence-corrected chi connectivity index (χ3v) is 3.72. The van der Waals surface area contributed by atoms with Crippen LogP contribution in [0.4, 0.5) is 5.82 Å². The molecule has 0 saturated carbocycles. The maximum atomic E-state index is 12.5. The van der Waals surface area contributed by atoms with Crippen molar-refractivity contribution < 1.29 is 4.79 Å². The van der Waals surface area contributed by atoms with Crippen molar-refractivity contribution >= 4 is 22.6 Å². The summed E-state index contributed by atoms with van der Waals surface area (Å²) in [5.74, 6) is 5.80. The summed E-state index contributed by atoms with van der Waals surface area (Å²) in [5.41, 5.74) is 8.65. The van der Waals surface area contributed by atoms with Crippen molar-refractivity contribution in [3.8, 4) is 17.9 Å². The normalized spacial score (nSPS) is 9.96. The lowest BCUT2D eigenvalue weighted by atomic mass is 10.1. The van der Waals surface area contributed by atoms with Gasteiger partial charge in [-0.25, -0.2) is 0 Å². The molecule has 0 aliphatic heterocycles. The van der Waals surface area contributed by atoms with Crippen molar-refractivity contribution in [2.45, 2.75) is 6.92 Å². The molecule has 3 aromatic rings. The van der Waals surface area contributed by atoms with Gasteiger partial charge >= 0.3 is 0 Å². The highest BCUT2D eigenvalue weighted by Gasteiger charge is 2.13. The van der Waals surface area contributed by atoms with E-state index in [1.807, 2.05) is 19.1 Å². The summed E-state index contributed by atoms with van der Waals surface area (Å²) in [7, 11) is 0. The van der Waals surface area contributed by atoms with E-state index in [1.165, 1.54) is 0 Å². The Morgan fingerprint density at radius 1 is 1.36 bits per heavy atom. The molecule has 0 fully saturated rings. The van der Waals surface area contributed by atoms with Gasteiger partial charge < -0.3 is 11.1 Å². The molecule has 4 N–H and O–H groups in total. The fourth-order valence-electron chi connectivity index (χ4n) is 2.46. The molecule has 3 rings (SSSR count). The number of fused-ring (bicyclic) bond motifs is 1. The smallest absolute Gasteiger partial charge is 0.256 e. The average Bonchev–Trinajstić information content (AvgIpc) is 3.01. The van der Waals surface area contributed by atoms with E-state index in [9.17, 15) is 4.79 Å². The van der Waals surface area contributed by atoms with E-state index in [0.717, 1.165) is 16.5 Å². The van der Waals surface area contributed by atoms with Gasteiger partial charge in [0.15, 0.2) is 5.82 Å². The van der Waals surface area contributed by atoms with Crippen LogP contribution in [0.5, 0.6) is 0 Å². The van der Waals surface area contributed by atoms with Crippen LogP contribution in [0.1, 0.15) is 27.0 Å². The molecule has 6 heteroatoms. The molecule has 1 heterocycles. The minimum Gasteiger partial charge on any atom is -0.320 e. The number of carbonyl (C=O) groups excluding carboxylic acids is 1. The Bertz CT molecular complexity index is 1060. The largest absolute Gasteiger partial charge is 0.320 e. The Hall–Kier alpha value is -3.61. The van der Waals surface area contributed by atoms with Crippen molar-refractivity contribution in [3.63, 3.8) is 0 Å². The second kappa shape index (κ2) is 6.88. The fourth-order valence-corrected chi connectivity index (χ4v) is 2.46. The van der Waals surface area contributed by atoms with E-state index in [2.05, 4.69) is 33.4 Å². The van der Waals surface area contributed by atoms with Crippen molar-refractivity contribution in [1.29, 1.82) is 5.26 Å². The van der Waals surface area contributed by atoms with Gasteiger partial charge in [-0.3, -0.25) is 9.89 Å². The summed E-state index contributed by atoms with van der Waals surface area (Å²) in [6.45, 7) is 2.11. The Labute approximate surface area is 144 Å². The fraction of sp³-hybridized carbons (Fsp3) is 0.105. The number of nitrogens with zero attached hydrogens (tertiary/aromatic N) is 2. The van der Waals surface area contributed by atoms with Crippen molar-refractivity contribution in [2.24, 2.45) is 5.73 Å². The maximum absolute atomic E-state index is 12.5. The van der Waals surface area contributed by atoms with Crippen LogP contribution < -0.4 is 11.1 Å². The standard InChI is InChI=1S/C19H15N5O/c1-12-8-16-17(10-15(12)11-21)23-24-18(16)22-19(25)14-6-2-4-13(9-14)5-3-7-20/h2,4,6,8-10H,7,20H2,1H3,(H2,22,23,24,25). The van der Waals surface area contributed by atoms with Crippen LogP contribution in [0.3, 0.4) is 0 Å². The van der Waals surface area contributed by atoms with E-state index >= 15 is 0 Å². The van der Waals surface area contributed by atoms with Gasteiger partial charge in [0.05, 0.1) is 23.7 Å². The van der Waals surface area contributed by atoms with Gasteiger partial charge in [0.1, 0.15) is 0 Å². The van der Waals surface area contributed by atoms with E-state index in [-0.39, 0.29) is 12.5 Å². The maximum Gasteiger partial charge on any atom is 0.256 e. The van der Waals surface area contributed by atoms with Gasteiger partial charge in [0, 0.05) is 16.5 Å². The van der Waals surface area contributed by atoms with E-state index in [4.69, 9.17) is 11.0 Å². The number of nitriles is 1. The number of hydrogen-bond acceptors (Lipinski definition) is 4. The highest BCUT2D eigenvalue weighted by atomic mass is 16.1. The number of H-pyrrole nitrogens is 1. The van der Waals surface area contributed by atoms with Crippen molar-refractivity contribution in [1.82, 2.24) is 10.2 Å². The number of benzene rings is 2. The summed E-state index contributed by atoms with van der Waals surface area (Å²) in [5, 5.41) is 19.6. The Balaban J connectivity index is 1.90. The van der Waals surface area contributed by atoms with Crippen molar-refractivity contribution in [2.75, 3.05) is 11.9 Å². The molecule has 122 valence electrons. The highest BCUT2D eigenvalue weighted by Crippen LogP contribution is 2.24. The minimum atomic E-state index is -0.285. The quantitative estimate of drug-likeness (QED) is 0.627. The monoisotopic (exact) mass is 329 g/mol. The number of nitrogens with one attached hydrogen (secondary N) is 2. The molecule has 0 bridgehead atoms. The van der Waals surface area contributed by atoms with E-state index in [0.29, 0.717) is 22.5 Å². The van der Waals surface area contributed by atoms with Crippen LogP contribution in [-0.2, 0) is 0 Å². The molecule has 0 unspecified atom stereocenters. The lowest BCUT2D eigenvalue weighted by Gasteiger charge is -2.04. The second-order valence-electron chi connectivity index (χ2n) is 5.44. The number of aryl methyl sites for hydroxylation is 1. The van der Waals surface area contributed by atoms with E-state index in [1.54, 1.807) is 24.3 Å². The zero-order valence-corrected chi connectivity index (χ0v) is 13.6. The van der Waals surface area contributed by atoms with Gasteiger partial charge in [-0.1, -0.05) is 17.9 Å². The molecule has 0 aliphatic carbocycles. The topological polar surface area (TPSA) is 108 Å². The third kappa shape index (κ3) is 3.35. The molecular weight excluding hydrogens is 314 g/mol. The molecule has 0 atom stereocenters. The van der Waals surface area contributed by atoms with E-state index < -0.39 is 0 Å². The van der Waals surface area contributed by atoms with Crippen LogP contribution in [0, 0.1) is 30.1 Å². The molecule has 2 aromatic carbocycles. The predicted octanol–water partition coefficient (Wildman–Crippen LogP) is 2.31. The lowest BCUT2D eigenvalue weighted by Crippen LogP contribution is -2.12. The number of aromatic nitrogens is 2. The number of rotatable bonds is 2. The van der Waals surface area contributed by atoms with Crippen LogP contribution >= 0.6 is 0 Å².